The van der Waals surface area contributed by atoms with E-state index in [-0.39, 0.29) is 0 Å². The fourth-order valence-electron chi connectivity index (χ4n) is 1.41. The van der Waals surface area contributed by atoms with E-state index in [4.69, 9.17) is 5.11 Å². The van der Waals surface area contributed by atoms with Gasteiger partial charge in [0.05, 0.1) is 0 Å². The Kier molecular flexibility index (Phi) is 5.28. The van der Waals surface area contributed by atoms with Gasteiger partial charge in [-0.3, -0.25) is 4.79 Å². The molecule has 0 aromatic carbocycles. The molecule has 1 aliphatic rings. The van der Waals surface area contributed by atoms with Gasteiger partial charge in [-0.2, -0.15) is 0 Å². The van der Waals surface area contributed by atoms with Crippen molar-refractivity contribution < 1.29 is 9.90 Å². The molecule has 1 aliphatic carbocycles. The predicted octanol–water partition coefficient (Wildman–Crippen LogP) is 1.95. The molecule has 0 saturated heterocycles. The quantitative estimate of drug-likeness (QED) is 0.711. The number of thioether (sulfide) groups is 2. The molecule has 0 spiro atoms. The first-order valence-electron chi connectivity index (χ1n) is 5.68. The van der Waals surface area contributed by atoms with Gasteiger partial charge in [0.2, 0.25) is 0 Å². The van der Waals surface area contributed by atoms with Crippen LogP contribution in [0.5, 0.6) is 0 Å². The first-order valence-corrected chi connectivity index (χ1v) is 8.71. The maximum absolute atomic E-state index is 11.1. The maximum Gasteiger partial charge on any atom is 0.320 e. The van der Waals surface area contributed by atoms with Crippen LogP contribution in [0.25, 0.3) is 0 Å². The molecule has 1 aromatic heterocycles. The number of hydrogen-bond donors (Lipinski definition) is 2. The molecule has 1 fully saturated rings. The second-order valence-corrected chi connectivity index (χ2v) is 7.38. The third-order valence-corrected chi connectivity index (χ3v) is 5.57. The SMILES string of the molecule is CSc1nnc(SCCC(NC2CC2)C(=O)O)s1. The summed E-state index contributed by atoms with van der Waals surface area (Å²) >= 11 is 4.71. The van der Waals surface area contributed by atoms with Crippen LogP contribution in [0.15, 0.2) is 8.68 Å². The number of aromatic nitrogens is 2. The van der Waals surface area contributed by atoms with Gasteiger partial charge >= 0.3 is 5.97 Å². The number of nitrogens with one attached hydrogen (secondary N) is 1. The molecule has 5 nitrogen and oxygen atoms in total. The van der Waals surface area contributed by atoms with Gasteiger partial charge in [-0.05, 0) is 25.5 Å². The van der Waals surface area contributed by atoms with Gasteiger partial charge in [-0.25, -0.2) is 0 Å². The fraction of sp³-hybridized carbons (Fsp3) is 0.700. The van der Waals surface area contributed by atoms with Crippen molar-refractivity contribution in [2.75, 3.05) is 12.0 Å². The summed E-state index contributed by atoms with van der Waals surface area (Å²) in [4.78, 5) is 11.1. The van der Waals surface area contributed by atoms with Crippen LogP contribution in [-0.4, -0.2) is 45.4 Å². The zero-order valence-electron chi connectivity index (χ0n) is 9.96. The van der Waals surface area contributed by atoms with Crippen molar-refractivity contribution >= 4 is 40.8 Å². The highest BCUT2D eigenvalue weighted by atomic mass is 32.2. The van der Waals surface area contributed by atoms with Crippen molar-refractivity contribution in [2.45, 2.75) is 40.0 Å². The highest BCUT2D eigenvalue weighted by Crippen LogP contribution is 2.28. The van der Waals surface area contributed by atoms with E-state index >= 15 is 0 Å². The molecule has 0 radical (unpaired) electrons. The molecule has 0 aliphatic heterocycles. The lowest BCUT2D eigenvalue weighted by Gasteiger charge is -2.12. The van der Waals surface area contributed by atoms with Gasteiger partial charge in [0.1, 0.15) is 6.04 Å². The number of carboxylic acid groups (broad SMARTS) is 1. The Morgan fingerprint density at radius 3 is 2.83 bits per heavy atom. The molecular formula is C10H15N3O2S3. The Labute approximate surface area is 118 Å². The third-order valence-electron chi connectivity index (χ3n) is 2.51. The van der Waals surface area contributed by atoms with E-state index in [2.05, 4.69) is 15.5 Å². The molecule has 18 heavy (non-hydrogen) atoms. The molecular weight excluding hydrogens is 290 g/mol. The number of carboxylic acids is 1. The van der Waals surface area contributed by atoms with Gasteiger partial charge in [-0.1, -0.05) is 34.9 Å². The summed E-state index contributed by atoms with van der Waals surface area (Å²) in [6.07, 6.45) is 4.79. The van der Waals surface area contributed by atoms with E-state index in [0.717, 1.165) is 27.3 Å². The average molecular weight is 305 g/mol. The molecule has 0 bridgehead atoms. The highest BCUT2D eigenvalue weighted by Gasteiger charge is 2.27. The van der Waals surface area contributed by atoms with Crippen LogP contribution in [-0.2, 0) is 4.79 Å². The van der Waals surface area contributed by atoms with Crippen molar-refractivity contribution in [2.24, 2.45) is 0 Å². The van der Waals surface area contributed by atoms with Crippen LogP contribution in [0.3, 0.4) is 0 Å². The normalized spacial score (nSPS) is 16.7. The summed E-state index contributed by atoms with van der Waals surface area (Å²) in [5.74, 6) is -0.00996. The fourth-order valence-corrected chi connectivity index (χ4v) is 3.93. The standard InChI is InChI=1S/C10H15N3O2S3/c1-16-9-12-13-10(18-9)17-5-4-7(8(14)15)11-6-2-3-6/h6-7,11H,2-5H2,1H3,(H,14,15). The van der Waals surface area contributed by atoms with Crippen molar-refractivity contribution in [3.05, 3.63) is 0 Å². The summed E-state index contributed by atoms with van der Waals surface area (Å²) in [7, 11) is 0. The predicted molar refractivity (Wildman–Crippen MR) is 74.6 cm³/mol. The van der Waals surface area contributed by atoms with Crippen molar-refractivity contribution in [3.8, 4) is 0 Å². The largest absolute Gasteiger partial charge is 0.480 e. The third kappa shape index (κ3) is 4.42. The second-order valence-electron chi connectivity index (χ2n) is 4.01. The van der Waals surface area contributed by atoms with Gasteiger partial charge in [0.15, 0.2) is 8.68 Å². The van der Waals surface area contributed by atoms with Crippen LogP contribution in [0.2, 0.25) is 0 Å². The topological polar surface area (TPSA) is 75.1 Å². The van der Waals surface area contributed by atoms with Crippen LogP contribution in [0, 0.1) is 0 Å². The number of rotatable bonds is 8. The molecule has 2 rings (SSSR count). The second kappa shape index (κ2) is 6.74. The lowest BCUT2D eigenvalue weighted by Crippen LogP contribution is -2.38. The van der Waals surface area contributed by atoms with E-state index in [0.29, 0.717) is 12.5 Å². The molecule has 1 aromatic rings. The summed E-state index contributed by atoms with van der Waals surface area (Å²) < 4.78 is 1.86. The van der Waals surface area contributed by atoms with E-state index in [9.17, 15) is 4.79 Å². The Morgan fingerprint density at radius 2 is 2.28 bits per heavy atom. The highest BCUT2D eigenvalue weighted by molar-refractivity contribution is 8.02. The molecule has 1 atom stereocenters. The molecule has 2 N–H and O–H groups in total. The van der Waals surface area contributed by atoms with Crippen LogP contribution < -0.4 is 5.32 Å². The minimum Gasteiger partial charge on any atom is -0.480 e. The van der Waals surface area contributed by atoms with E-state index < -0.39 is 12.0 Å². The van der Waals surface area contributed by atoms with E-state index in [1.807, 2.05) is 6.26 Å². The summed E-state index contributed by atoms with van der Waals surface area (Å²) in [6, 6.07) is -0.0151. The average Bonchev–Trinajstić information content (AvgIpc) is 3.04. The van der Waals surface area contributed by atoms with Crippen molar-refractivity contribution in [1.29, 1.82) is 0 Å². The Bertz CT molecular complexity index is 409. The van der Waals surface area contributed by atoms with Crippen molar-refractivity contribution in [1.82, 2.24) is 15.5 Å². The van der Waals surface area contributed by atoms with E-state index in [1.54, 1.807) is 34.9 Å². The smallest absolute Gasteiger partial charge is 0.320 e. The maximum atomic E-state index is 11.1. The Hall–Kier alpha value is -0.310. The van der Waals surface area contributed by atoms with Gasteiger partial charge in [0, 0.05) is 11.8 Å². The van der Waals surface area contributed by atoms with Crippen LogP contribution >= 0.6 is 34.9 Å². The lowest BCUT2D eigenvalue weighted by atomic mass is 10.2. The molecule has 1 saturated carbocycles. The minimum atomic E-state index is -0.760. The van der Waals surface area contributed by atoms with Crippen molar-refractivity contribution in [3.63, 3.8) is 0 Å². The van der Waals surface area contributed by atoms with Gasteiger partial charge in [0.25, 0.3) is 0 Å². The summed E-state index contributed by atoms with van der Waals surface area (Å²) in [5, 5.41) is 20.3. The van der Waals surface area contributed by atoms with Crippen LogP contribution in [0.1, 0.15) is 19.3 Å². The van der Waals surface area contributed by atoms with Crippen LogP contribution in [0.4, 0.5) is 0 Å². The summed E-state index contributed by atoms with van der Waals surface area (Å²) in [6.45, 7) is 0. The number of nitrogens with zero attached hydrogens (tertiary/aromatic N) is 2. The first-order chi connectivity index (χ1) is 8.69. The Morgan fingerprint density at radius 1 is 1.56 bits per heavy atom. The minimum absolute atomic E-state index is 0.417. The van der Waals surface area contributed by atoms with Gasteiger partial charge in [-0.15, -0.1) is 10.2 Å². The zero-order valence-corrected chi connectivity index (χ0v) is 12.4. The first kappa shape index (κ1) is 14.1. The van der Waals surface area contributed by atoms with Gasteiger partial charge < -0.3 is 10.4 Å². The molecule has 100 valence electrons. The van der Waals surface area contributed by atoms with E-state index in [1.165, 1.54) is 0 Å². The molecule has 0 amide bonds. The number of carbonyl (C=O) groups is 1. The summed E-state index contributed by atoms with van der Waals surface area (Å²) in [5.41, 5.74) is 0. The Balaban J connectivity index is 1.73. The molecule has 1 heterocycles. The number of aliphatic carboxylic acids is 1. The lowest BCUT2D eigenvalue weighted by molar-refractivity contribution is -0.139. The molecule has 8 heteroatoms. The molecule has 1 unspecified atom stereocenters. The monoisotopic (exact) mass is 305 g/mol. The number of hydrogen-bond acceptors (Lipinski definition) is 7. The zero-order chi connectivity index (χ0) is 13.0.